The Morgan fingerprint density at radius 3 is 2.80 bits per heavy atom. The predicted octanol–water partition coefficient (Wildman–Crippen LogP) is 3.50. The first-order valence-electron chi connectivity index (χ1n) is 8.99. The van der Waals surface area contributed by atoms with Crippen molar-refractivity contribution in [2.45, 2.75) is 56.0 Å². The summed E-state index contributed by atoms with van der Waals surface area (Å²) < 4.78 is 7.74. The van der Waals surface area contributed by atoms with Gasteiger partial charge in [-0.1, -0.05) is 18.2 Å². The molecule has 2 saturated carbocycles. The summed E-state index contributed by atoms with van der Waals surface area (Å²) in [6.45, 7) is 4.06. The number of amides is 1. The minimum Gasteiger partial charge on any atom is -0.461 e. The van der Waals surface area contributed by atoms with Crippen molar-refractivity contribution in [3.05, 3.63) is 18.4 Å². The first kappa shape index (κ1) is 16.7. The fourth-order valence-electron chi connectivity index (χ4n) is 4.59. The molecule has 0 aliphatic heterocycles. The van der Waals surface area contributed by atoms with Gasteiger partial charge in [0.1, 0.15) is 0 Å². The minimum absolute atomic E-state index is 0.271. The van der Waals surface area contributed by atoms with Crippen molar-refractivity contribution in [1.82, 2.24) is 14.8 Å². The second kappa shape index (κ2) is 6.52. The molecule has 134 valence electrons. The second-order valence-electron chi connectivity index (χ2n) is 7.40. The van der Waals surface area contributed by atoms with Gasteiger partial charge in [-0.05, 0) is 63.0 Å². The summed E-state index contributed by atoms with van der Waals surface area (Å²) in [4.78, 5) is 11.5. The van der Waals surface area contributed by atoms with Crippen LogP contribution in [0, 0.1) is 17.8 Å². The van der Waals surface area contributed by atoms with Gasteiger partial charge in [-0.25, -0.2) is 0 Å². The highest BCUT2D eigenvalue weighted by atomic mass is 32.2. The smallest absolute Gasteiger partial charge is 0.230 e. The normalized spacial score (nSPS) is 27.5. The van der Waals surface area contributed by atoms with Crippen molar-refractivity contribution < 1.29 is 9.21 Å². The van der Waals surface area contributed by atoms with Crippen molar-refractivity contribution in [3.8, 4) is 11.6 Å². The van der Waals surface area contributed by atoms with Crippen molar-refractivity contribution in [3.63, 3.8) is 0 Å². The summed E-state index contributed by atoms with van der Waals surface area (Å²) in [5.74, 6) is 3.40. The molecule has 6 nitrogen and oxygen atoms in total. The lowest BCUT2D eigenvalue weighted by Gasteiger charge is -2.30. The lowest BCUT2D eigenvalue weighted by Crippen LogP contribution is -2.25. The third kappa shape index (κ3) is 2.99. The van der Waals surface area contributed by atoms with Gasteiger partial charge in [0.25, 0.3) is 0 Å². The molecule has 2 N–H and O–H groups in total. The average molecular weight is 360 g/mol. The SMILES string of the molecule is C[C@H](Sc1nnc(-c2ccco2)n1[C@@H](C)[C@H]1C[C@H]2CC[C@H]1C2)C(N)=O. The highest BCUT2D eigenvalue weighted by molar-refractivity contribution is 8.00. The Hall–Kier alpha value is -1.76. The fourth-order valence-corrected chi connectivity index (χ4v) is 5.48. The summed E-state index contributed by atoms with van der Waals surface area (Å²) in [6.07, 6.45) is 6.99. The minimum atomic E-state index is -0.348. The number of primary amides is 1. The van der Waals surface area contributed by atoms with Gasteiger partial charge in [0.15, 0.2) is 10.9 Å². The van der Waals surface area contributed by atoms with E-state index in [0.29, 0.717) is 11.7 Å². The molecule has 25 heavy (non-hydrogen) atoms. The van der Waals surface area contributed by atoms with Crippen molar-refractivity contribution in [1.29, 1.82) is 0 Å². The largest absolute Gasteiger partial charge is 0.461 e. The number of rotatable bonds is 6. The maximum Gasteiger partial charge on any atom is 0.230 e. The van der Waals surface area contributed by atoms with Crippen LogP contribution in [0.2, 0.25) is 0 Å². The number of nitrogens with zero attached hydrogens (tertiary/aromatic N) is 3. The Balaban J connectivity index is 1.69. The van der Waals surface area contributed by atoms with E-state index >= 15 is 0 Å². The maximum absolute atomic E-state index is 11.5. The monoisotopic (exact) mass is 360 g/mol. The Bertz CT molecular complexity index is 757. The van der Waals surface area contributed by atoms with Crippen LogP contribution in [-0.2, 0) is 4.79 Å². The molecule has 4 rings (SSSR count). The number of furan rings is 1. The Kier molecular flexibility index (Phi) is 4.35. The van der Waals surface area contributed by atoms with E-state index in [1.807, 2.05) is 12.1 Å². The average Bonchev–Trinajstić information content (AvgIpc) is 3.36. The van der Waals surface area contributed by atoms with Gasteiger partial charge in [-0.3, -0.25) is 9.36 Å². The van der Waals surface area contributed by atoms with Gasteiger partial charge in [-0.2, -0.15) is 0 Å². The molecule has 1 amide bonds. The molecule has 2 fully saturated rings. The van der Waals surface area contributed by atoms with Gasteiger partial charge in [0.05, 0.1) is 11.5 Å². The van der Waals surface area contributed by atoms with E-state index in [2.05, 4.69) is 21.7 Å². The number of carbonyl (C=O) groups excluding carboxylic acids is 1. The van der Waals surface area contributed by atoms with E-state index < -0.39 is 0 Å². The molecular weight excluding hydrogens is 336 g/mol. The summed E-state index contributed by atoms with van der Waals surface area (Å²) in [5.41, 5.74) is 5.45. The van der Waals surface area contributed by atoms with Crippen LogP contribution >= 0.6 is 11.8 Å². The van der Waals surface area contributed by atoms with E-state index in [1.165, 1.54) is 37.4 Å². The molecule has 2 aromatic rings. The number of carbonyl (C=O) groups is 1. The standard InChI is InChI=1S/C18H24N4O2S/c1-10(14-9-12-5-6-13(14)8-12)22-17(15-4-3-7-24-15)20-21-18(22)25-11(2)16(19)23/h3-4,7,10-14H,5-6,8-9H2,1-2H3,(H2,19,23)/t10-,11-,12-,13-,14+/m0/s1. The number of hydrogen-bond donors (Lipinski definition) is 1. The number of thioether (sulfide) groups is 1. The van der Waals surface area contributed by atoms with Gasteiger partial charge in [-0.15, -0.1) is 10.2 Å². The fraction of sp³-hybridized carbons (Fsp3) is 0.611. The lowest BCUT2D eigenvalue weighted by molar-refractivity contribution is -0.117. The zero-order valence-corrected chi connectivity index (χ0v) is 15.4. The third-order valence-corrected chi connectivity index (χ3v) is 6.98. The van der Waals surface area contributed by atoms with E-state index in [0.717, 1.165) is 22.8 Å². The number of nitrogens with two attached hydrogens (primary N) is 1. The predicted molar refractivity (Wildman–Crippen MR) is 95.9 cm³/mol. The molecule has 0 saturated heterocycles. The first-order chi connectivity index (χ1) is 12.0. The molecule has 2 bridgehead atoms. The molecule has 0 spiro atoms. The number of aromatic nitrogens is 3. The molecule has 0 radical (unpaired) electrons. The molecule has 2 aliphatic rings. The third-order valence-electron chi connectivity index (χ3n) is 5.91. The molecular formula is C18H24N4O2S. The van der Waals surface area contributed by atoms with Crippen molar-refractivity contribution in [2.24, 2.45) is 23.5 Å². The molecule has 0 unspecified atom stereocenters. The topological polar surface area (TPSA) is 86.9 Å². The van der Waals surface area contributed by atoms with Crippen molar-refractivity contribution in [2.75, 3.05) is 0 Å². The van der Waals surface area contributed by atoms with E-state index in [4.69, 9.17) is 10.2 Å². The van der Waals surface area contributed by atoms with Gasteiger partial charge < -0.3 is 10.2 Å². The summed E-state index contributed by atoms with van der Waals surface area (Å²) in [7, 11) is 0. The Morgan fingerprint density at radius 2 is 2.20 bits per heavy atom. The molecule has 2 aromatic heterocycles. The highest BCUT2D eigenvalue weighted by Crippen LogP contribution is 2.53. The molecule has 2 heterocycles. The van der Waals surface area contributed by atoms with Crippen LogP contribution in [0.5, 0.6) is 0 Å². The van der Waals surface area contributed by atoms with Crippen LogP contribution in [0.25, 0.3) is 11.6 Å². The van der Waals surface area contributed by atoms with Gasteiger partial charge in [0, 0.05) is 6.04 Å². The molecule has 5 atom stereocenters. The summed E-state index contributed by atoms with van der Waals surface area (Å²) in [6, 6.07) is 4.03. The second-order valence-corrected chi connectivity index (χ2v) is 8.70. The van der Waals surface area contributed by atoms with Gasteiger partial charge >= 0.3 is 0 Å². The van der Waals surface area contributed by atoms with Crippen LogP contribution in [0.3, 0.4) is 0 Å². The van der Waals surface area contributed by atoms with E-state index in [9.17, 15) is 4.79 Å². The highest BCUT2D eigenvalue weighted by Gasteiger charge is 2.43. The summed E-state index contributed by atoms with van der Waals surface area (Å²) in [5, 5.41) is 9.12. The van der Waals surface area contributed by atoms with Gasteiger partial charge in [0.2, 0.25) is 11.7 Å². The molecule has 2 aliphatic carbocycles. The lowest BCUT2D eigenvalue weighted by atomic mass is 9.84. The van der Waals surface area contributed by atoms with Crippen LogP contribution in [-0.4, -0.2) is 25.9 Å². The quantitative estimate of drug-likeness (QED) is 0.797. The Labute approximate surface area is 151 Å². The zero-order chi connectivity index (χ0) is 17.6. The van der Waals surface area contributed by atoms with Crippen LogP contribution in [0.4, 0.5) is 0 Å². The number of fused-ring (bicyclic) bond motifs is 2. The van der Waals surface area contributed by atoms with Crippen LogP contribution in [0.15, 0.2) is 28.0 Å². The number of hydrogen-bond acceptors (Lipinski definition) is 5. The zero-order valence-electron chi connectivity index (χ0n) is 14.6. The van der Waals surface area contributed by atoms with E-state index in [-0.39, 0.29) is 17.2 Å². The summed E-state index contributed by atoms with van der Waals surface area (Å²) >= 11 is 1.38. The Morgan fingerprint density at radius 1 is 1.36 bits per heavy atom. The first-order valence-corrected chi connectivity index (χ1v) is 9.87. The maximum atomic E-state index is 11.5. The van der Waals surface area contributed by atoms with Crippen LogP contribution in [0.1, 0.15) is 45.6 Å². The molecule has 0 aromatic carbocycles. The van der Waals surface area contributed by atoms with Crippen LogP contribution < -0.4 is 5.73 Å². The molecule has 7 heteroatoms. The van der Waals surface area contributed by atoms with E-state index in [1.54, 1.807) is 13.2 Å². The van der Waals surface area contributed by atoms with Crippen molar-refractivity contribution >= 4 is 17.7 Å².